The van der Waals surface area contributed by atoms with Crippen molar-refractivity contribution < 1.29 is 9.90 Å². The number of nitrogens with one attached hydrogen (secondary N) is 2. The third-order valence-corrected chi connectivity index (χ3v) is 6.70. The van der Waals surface area contributed by atoms with E-state index < -0.39 is 11.9 Å². The van der Waals surface area contributed by atoms with Crippen molar-refractivity contribution in [3.8, 4) is 11.3 Å². The number of hydrogen-bond donors (Lipinski definition) is 4. The van der Waals surface area contributed by atoms with Gasteiger partial charge in [0.05, 0.1) is 17.0 Å². The number of rotatable bonds is 8. The summed E-state index contributed by atoms with van der Waals surface area (Å²) < 4.78 is 1.84. The van der Waals surface area contributed by atoms with Crippen LogP contribution >= 0.6 is 0 Å². The first kappa shape index (κ1) is 23.6. The number of para-hydroxylation sites is 2. The number of carbonyl (C=O) groups is 1. The average Bonchev–Trinajstić information content (AvgIpc) is 2.85. The first-order valence-corrected chi connectivity index (χ1v) is 11.8. The van der Waals surface area contributed by atoms with E-state index in [2.05, 4.69) is 12.2 Å². The van der Waals surface area contributed by atoms with Crippen molar-refractivity contribution in [3.05, 3.63) is 64.4 Å². The number of nitrogens with zero attached hydrogens (tertiary/aromatic N) is 2. The number of carboxylic acid groups (broad SMARTS) is 1. The summed E-state index contributed by atoms with van der Waals surface area (Å²) in [5.74, 6) is -1.35. The van der Waals surface area contributed by atoms with Gasteiger partial charge in [-0.3, -0.25) is 15.0 Å². The van der Waals surface area contributed by atoms with Crippen LogP contribution in [0.2, 0.25) is 0 Å². The summed E-state index contributed by atoms with van der Waals surface area (Å²) in [7, 11) is 0. The van der Waals surface area contributed by atoms with Gasteiger partial charge in [0.2, 0.25) is 0 Å². The van der Waals surface area contributed by atoms with E-state index in [-0.39, 0.29) is 23.4 Å². The van der Waals surface area contributed by atoms with Crippen LogP contribution in [0.25, 0.3) is 22.3 Å². The highest BCUT2D eigenvalue weighted by Gasteiger charge is 2.34. The molecule has 1 saturated heterocycles. The van der Waals surface area contributed by atoms with E-state index in [1.807, 2.05) is 28.8 Å². The fraction of sp³-hybridized carbons (Fsp3) is 0.385. The van der Waals surface area contributed by atoms with Gasteiger partial charge < -0.3 is 20.7 Å². The van der Waals surface area contributed by atoms with Crippen molar-refractivity contribution in [2.75, 3.05) is 13.1 Å². The van der Waals surface area contributed by atoms with Crippen molar-refractivity contribution in [2.45, 2.75) is 38.6 Å². The molecule has 0 amide bonds. The molecule has 4 rings (SSSR count). The summed E-state index contributed by atoms with van der Waals surface area (Å²) >= 11 is 0. The molecule has 2 aromatic carbocycles. The van der Waals surface area contributed by atoms with Crippen molar-refractivity contribution in [3.63, 3.8) is 0 Å². The van der Waals surface area contributed by atoms with Gasteiger partial charge in [0.15, 0.2) is 0 Å². The monoisotopic (exact) mass is 461 g/mol. The summed E-state index contributed by atoms with van der Waals surface area (Å²) in [6.07, 6.45) is 3.20. The molecule has 178 valence electrons. The molecular formula is C26H31N5O3. The second-order valence-corrected chi connectivity index (χ2v) is 9.02. The number of carboxylic acids is 1. The van der Waals surface area contributed by atoms with Crippen molar-refractivity contribution >= 4 is 22.8 Å². The maximum Gasteiger partial charge on any atom is 0.307 e. The molecule has 0 saturated carbocycles. The highest BCUT2D eigenvalue weighted by atomic mass is 16.4. The molecule has 3 unspecified atom stereocenters. The zero-order chi connectivity index (χ0) is 24.2. The van der Waals surface area contributed by atoms with E-state index in [1.54, 1.807) is 24.3 Å². The third-order valence-electron chi connectivity index (χ3n) is 6.70. The fourth-order valence-electron chi connectivity index (χ4n) is 4.95. The van der Waals surface area contributed by atoms with Crippen molar-refractivity contribution in [2.24, 2.45) is 17.6 Å². The minimum atomic E-state index is -0.805. The molecule has 0 radical (unpaired) electrons. The molecule has 8 heteroatoms. The minimum absolute atomic E-state index is 0.00121. The van der Waals surface area contributed by atoms with Gasteiger partial charge >= 0.3 is 5.97 Å². The number of aromatic nitrogens is 2. The molecule has 5 N–H and O–H groups in total. The number of piperidine rings is 1. The number of nitrogen functional groups attached to an aromatic ring is 1. The van der Waals surface area contributed by atoms with Crippen LogP contribution in [0.1, 0.15) is 44.2 Å². The Labute approximate surface area is 198 Å². The Balaban J connectivity index is 1.90. The normalized spacial score (nSPS) is 19.1. The SMILES string of the molecule is CCCCC(C1CNCC(C(=O)O)C1)n1c(=O)c(-c2cccc(C(=N)N)c2)nc2ccccc21. The Hall–Kier alpha value is -3.52. The molecule has 0 spiro atoms. The van der Waals surface area contributed by atoms with Gasteiger partial charge in [-0.05, 0) is 43.5 Å². The van der Waals surface area contributed by atoms with Crippen LogP contribution < -0.4 is 16.6 Å². The van der Waals surface area contributed by atoms with Crippen molar-refractivity contribution in [1.82, 2.24) is 14.9 Å². The number of nitrogens with two attached hydrogens (primary N) is 1. The zero-order valence-corrected chi connectivity index (χ0v) is 19.3. The number of benzene rings is 2. The van der Waals surface area contributed by atoms with Gasteiger partial charge in [-0.2, -0.15) is 0 Å². The summed E-state index contributed by atoms with van der Waals surface area (Å²) in [5, 5.41) is 20.7. The molecule has 1 aliphatic heterocycles. The largest absolute Gasteiger partial charge is 0.481 e. The number of amidine groups is 1. The van der Waals surface area contributed by atoms with E-state index in [1.165, 1.54) is 0 Å². The Kier molecular flexibility index (Phi) is 7.07. The second-order valence-electron chi connectivity index (χ2n) is 9.02. The molecule has 8 nitrogen and oxygen atoms in total. The fourth-order valence-corrected chi connectivity index (χ4v) is 4.95. The minimum Gasteiger partial charge on any atom is -0.481 e. The average molecular weight is 462 g/mol. The Bertz CT molecular complexity index is 1270. The summed E-state index contributed by atoms with van der Waals surface area (Å²) in [4.78, 5) is 30.4. The van der Waals surface area contributed by atoms with E-state index in [9.17, 15) is 14.7 Å². The van der Waals surface area contributed by atoms with Crippen LogP contribution in [0.5, 0.6) is 0 Å². The Morgan fingerprint density at radius 2 is 2.06 bits per heavy atom. The van der Waals surface area contributed by atoms with E-state index in [4.69, 9.17) is 16.1 Å². The smallest absolute Gasteiger partial charge is 0.307 e. The van der Waals surface area contributed by atoms with Gasteiger partial charge in [-0.25, -0.2) is 4.98 Å². The molecule has 0 aliphatic carbocycles. The van der Waals surface area contributed by atoms with Crippen LogP contribution in [0.3, 0.4) is 0 Å². The summed E-state index contributed by atoms with van der Waals surface area (Å²) in [5.41, 5.74) is 8.36. The summed E-state index contributed by atoms with van der Waals surface area (Å²) in [6, 6.07) is 14.4. The molecule has 1 fully saturated rings. The van der Waals surface area contributed by atoms with E-state index in [0.29, 0.717) is 41.8 Å². The van der Waals surface area contributed by atoms with Gasteiger partial charge in [0, 0.05) is 23.7 Å². The quantitative estimate of drug-likeness (QED) is 0.300. The highest BCUT2D eigenvalue weighted by molar-refractivity contribution is 5.96. The highest BCUT2D eigenvalue weighted by Crippen LogP contribution is 2.33. The number of hydrogen-bond acceptors (Lipinski definition) is 5. The predicted molar refractivity (Wildman–Crippen MR) is 133 cm³/mol. The number of unbranched alkanes of at least 4 members (excludes halogenated alkanes) is 1. The first-order valence-electron chi connectivity index (χ1n) is 11.8. The van der Waals surface area contributed by atoms with Crippen molar-refractivity contribution in [1.29, 1.82) is 5.41 Å². The molecule has 0 bridgehead atoms. The van der Waals surface area contributed by atoms with Gasteiger partial charge in [0.25, 0.3) is 5.56 Å². The Morgan fingerprint density at radius 1 is 1.26 bits per heavy atom. The standard InChI is InChI=1S/C26H31N5O3/c1-2-3-10-21(18-13-19(26(33)34)15-29-14-18)31-22-11-5-4-9-20(22)30-23(25(31)32)16-7-6-8-17(12-16)24(27)28/h4-9,11-12,18-19,21,29H,2-3,10,13-15H2,1H3,(H3,27,28)(H,33,34). The maximum atomic E-state index is 14.0. The lowest BCUT2D eigenvalue weighted by atomic mass is 9.83. The lowest BCUT2D eigenvalue weighted by Crippen LogP contribution is -2.44. The Morgan fingerprint density at radius 3 is 2.79 bits per heavy atom. The molecule has 3 aromatic rings. The molecule has 1 aliphatic rings. The zero-order valence-electron chi connectivity index (χ0n) is 19.3. The predicted octanol–water partition coefficient (Wildman–Crippen LogP) is 3.39. The van der Waals surface area contributed by atoms with E-state index in [0.717, 1.165) is 24.8 Å². The van der Waals surface area contributed by atoms with Gasteiger partial charge in [-0.1, -0.05) is 50.1 Å². The topological polar surface area (TPSA) is 134 Å². The lowest BCUT2D eigenvalue weighted by molar-refractivity contribution is -0.143. The van der Waals surface area contributed by atoms with Gasteiger partial charge in [-0.15, -0.1) is 0 Å². The van der Waals surface area contributed by atoms with Crippen LogP contribution in [-0.4, -0.2) is 39.6 Å². The van der Waals surface area contributed by atoms with Crippen LogP contribution in [-0.2, 0) is 4.79 Å². The third kappa shape index (κ3) is 4.72. The molecule has 3 atom stereocenters. The van der Waals surface area contributed by atoms with E-state index >= 15 is 0 Å². The molecular weight excluding hydrogens is 430 g/mol. The number of aliphatic carboxylic acids is 1. The van der Waals surface area contributed by atoms with Crippen LogP contribution in [0, 0.1) is 17.2 Å². The molecule has 1 aromatic heterocycles. The molecule has 2 heterocycles. The maximum absolute atomic E-state index is 14.0. The lowest BCUT2D eigenvalue weighted by Gasteiger charge is -2.35. The number of fused-ring (bicyclic) bond motifs is 1. The molecule has 34 heavy (non-hydrogen) atoms. The van der Waals surface area contributed by atoms with Crippen LogP contribution in [0.4, 0.5) is 0 Å². The first-order chi connectivity index (χ1) is 16.4. The summed E-state index contributed by atoms with van der Waals surface area (Å²) in [6.45, 7) is 3.22. The van der Waals surface area contributed by atoms with Gasteiger partial charge in [0.1, 0.15) is 11.5 Å². The second kappa shape index (κ2) is 10.2. The van der Waals surface area contributed by atoms with Crippen LogP contribution in [0.15, 0.2) is 53.3 Å².